The highest BCUT2D eigenvalue weighted by Gasteiger charge is 2.35. The summed E-state index contributed by atoms with van der Waals surface area (Å²) in [7, 11) is 1.51. The Morgan fingerprint density at radius 3 is 2.57 bits per heavy atom. The first-order valence-electron chi connectivity index (χ1n) is 9.35. The van der Waals surface area contributed by atoms with Crippen molar-refractivity contribution in [2.75, 3.05) is 32.1 Å². The van der Waals surface area contributed by atoms with E-state index in [1.165, 1.54) is 30.3 Å². The number of non-ortho nitro benzene ring substituents is 1. The fraction of sp³-hybridized carbons (Fsp3) is 0.381. The second kappa shape index (κ2) is 8.39. The lowest BCUT2D eigenvalue weighted by molar-refractivity contribution is -0.384. The maximum absolute atomic E-state index is 12.3. The maximum Gasteiger partial charge on any atom is 0.270 e. The standard InChI is InChI=1S/C21H25N3O4/c1-15-5-3-4-6-18(15)21(9-11-28-12-10-21)14-23-19-8-7-16(24(26)27)13-17(19)20(25)22-2/h3-8,13,23H,9-12,14H2,1-2H3,(H,22,25). The summed E-state index contributed by atoms with van der Waals surface area (Å²) < 4.78 is 5.59. The molecule has 28 heavy (non-hydrogen) atoms. The zero-order valence-corrected chi connectivity index (χ0v) is 16.2. The lowest BCUT2D eigenvalue weighted by atomic mass is 9.72. The van der Waals surface area contributed by atoms with Crippen molar-refractivity contribution in [2.24, 2.45) is 0 Å². The first kappa shape index (κ1) is 19.8. The predicted molar refractivity (Wildman–Crippen MR) is 108 cm³/mol. The fourth-order valence-electron chi connectivity index (χ4n) is 3.86. The van der Waals surface area contributed by atoms with Crippen LogP contribution in [0.15, 0.2) is 42.5 Å². The van der Waals surface area contributed by atoms with Gasteiger partial charge < -0.3 is 15.4 Å². The van der Waals surface area contributed by atoms with E-state index in [4.69, 9.17) is 4.74 Å². The molecule has 0 aromatic heterocycles. The molecule has 0 spiro atoms. The molecular weight excluding hydrogens is 358 g/mol. The molecule has 1 aliphatic rings. The lowest BCUT2D eigenvalue weighted by Gasteiger charge is -2.39. The Morgan fingerprint density at radius 2 is 1.93 bits per heavy atom. The van der Waals surface area contributed by atoms with E-state index in [2.05, 4.69) is 29.7 Å². The molecule has 1 aliphatic heterocycles. The Kier molecular flexibility index (Phi) is 5.94. The van der Waals surface area contributed by atoms with Gasteiger partial charge in [0.15, 0.2) is 0 Å². The van der Waals surface area contributed by atoms with E-state index in [1.54, 1.807) is 6.07 Å². The van der Waals surface area contributed by atoms with Crippen LogP contribution in [-0.4, -0.2) is 37.6 Å². The molecule has 0 radical (unpaired) electrons. The molecule has 2 N–H and O–H groups in total. The molecule has 0 aliphatic carbocycles. The quantitative estimate of drug-likeness (QED) is 0.589. The first-order valence-corrected chi connectivity index (χ1v) is 9.35. The van der Waals surface area contributed by atoms with Crippen molar-refractivity contribution in [2.45, 2.75) is 25.2 Å². The van der Waals surface area contributed by atoms with Gasteiger partial charge >= 0.3 is 0 Å². The minimum Gasteiger partial charge on any atom is -0.383 e. The van der Waals surface area contributed by atoms with Gasteiger partial charge in [-0.05, 0) is 37.0 Å². The van der Waals surface area contributed by atoms with E-state index in [0.29, 0.717) is 25.4 Å². The summed E-state index contributed by atoms with van der Waals surface area (Å²) in [6.45, 7) is 4.08. The van der Waals surface area contributed by atoms with Gasteiger partial charge in [0.05, 0.1) is 10.5 Å². The third-order valence-electron chi connectivity index (χ3n) is 5.47. The minimum atomic E-state index is -0.497. The highest BCUT2D eigenvalue weighted by atomic mass is 16.6. The van der Waals surface area contributed by atoms with Gasteiger partial charge in [0.25, 0.3) is 11.6 Å². The number of nitro groups is 1. The van der Waals surface area contributed by atoms with Gasteiger partial charge in [0.2, 0.25) is 0 Å². The minimum absolute atomic E-state index is 0.108. The van der Waals surface area contributed by atoms with Crippen molar-refractivity contribution in [3.63, 3.8) is 0 Å². The third kappa shape index (κ3) is 3.99. The van der Waals surface area contributed by atoms with E-state index in [-0.39, 0.29) is 22.6 Å². The number of amides is 1. The molecule has 0 atom stereocenters. The second-order valence-electron chi connectivity index (χ2n) is 7.13. The molecule has 1 saturated heterocycles. The van der Waals surface area contributed by atoms with Gasteiger partial charge in [-0.3, -0.25) is 14.9 Å². The van der Waals surface area contributed by atoms with Crippen LogP contribution in [0.3, 0.4) is 0 Å². The number of nitro benzene ring substituents is 1. The predicted octanol–water partition coefficient (Wildman–Crippen LogP) is 3.42. The molecule has 7 nitrogen and oxygen atoms in total. The molecule has 0 saturated carbocycles. The monoisotopic (exact) mass is 383 g/mol. The molecular formula is C21H25N3O4. The average Bonchev–Trinajstić information content (AvgIpc) is 2.72. The molecule has 2 aromatic rings. The van der Waals surface area contributed by atoms with Gasteiger partial charge in [-0.2, -0.15) is 0 Å². The summed E-state index contributed by atoms with van der Waals surface area (Å²) in [5, 5.41) is 17.0. The van der Waals surface area contributed by atoms with Crippen molar-refractivity contribution >= 4 is 17.3 Å². The Morgan fingerprint density at radius 1 is 1.21 bits per heavy atom. The zero-order valence-electron chi connectivity index (χ0n) is 16.2. The molecule has 3 rings (SSSR count). The number of nitrogens with one attached hydrogen (secondary N) is 2. The van der Waals surface area contributed by atoms with Gasteiger partial charge in [0.1, 0.15) is 0 Å². The average molecular weight is 383 g/mol. The van der Waals surface area contributed by atoms with E-state index in [1.807, 2.05) is 12.1 Å². The second-order valence-corrected chi connectivity index (χ2v) is 7.13. The summed E-state index contributed by atoms with van der Waals surface area (Å²) >= 11 is 0. The van der Waals surface area contributed by atoms with Crippen molar-refractivity contribution in [1.29, 1.82) is 0 Å². The molecule has 0 bridgehead atoms. The number of carbonyl (C=O) groups excluding carboxylic acids is 1. The number of aryl methyl sites for hydroxylation is 1. The molecule has 7 heteroatoms. The van der Waals surface area contributed by atoms with Crippen LogP contribution in [0.4, 0.5) is 11.4 Å². The number of hydrogen-bond acceptors (Lipinski definition) is 5. The van der Waals surface area contributed by atoms with Gasteiger partial charge in [0, 0.05) is 50.0 Å². The van der Waals surface area contributed by atoms with E-state index >= 15 is 0 Å². The molecule has 148 valence electrons. The Bertz CT molecular complexity index is 876. The van der Waals surface area contributed by atoms with Crippen LogP contribution >= 0.6 is 0 Å². The molecule has 0 unspecified atom stereocenters. The van der Waals surface area contributed by atoms with Crippen LogP contribution in [0.2, 0.25) is 0 Å². The first-order chi connectivity index (χ1) is 13.5. The number of nitrogens with zero attached hydrogens (tertiary/aromatic N) is 1. The van der Waals surface area contributed by atoms with Gasteiger partial charge in [-0.25, -0.2) is 0 Å². The summed E-state index contributed by atoms with van der Waals surface area (Å²) in [6.07, 6.45) is 1.74. The number of benzene rings is 2. The van der Waals surface area contributed by atoms with E-state index in [0.717, 1.165) is 12.8 Å². The smallest absolute Gasteiger partial charge is 0.270 e. The Balaban J connectivity index is 1.93. The Hall–Kier alpha value is -2.93. The molecule has 1 heterocycles. The number of rotatable bonds is 6. The zero-order chi connectivity index (χ0) is 20.1. The maximum atomic E-state index is 12.3. The number of hydrogen-bond donors (Lipinski definition) is 2. The number of carbonyl (C=O) groups is 1. The van der Waals surface area contributed by atoms with E-state index < -0.39 is 4.92 Å². The summed E-state index contributed by atoms with van der Waals surface area (Å²) in [5.41, 5.74) is 3.12. The van der Waals surface area contributed by atoms with Crippen LogP contribution < -0.4 is 10.6 Å². The van der Waals surface area contributed by atoms with Crippen molar-refractivity contribution in [3.8, 4) is 0 Å². The summed E-state index contributed by atoms with van der Waals surface area (Å²) in [6, 6.07) is 12.7. The summed E-state index contributed by atoms with van der Waals surface area (Å²) in [4.78, 5) is 22.9. The SMILES string of the molecule is CNC(=O)c1cc([N+](=O)[O-])ccc1NCC1(c2ccccc2C)CCOCC1. The van der Waals surface area contributed by atoms with Crippen molar-refractivity contribution in [1.82, 2.24) is 5.32 Å². The molecule has 1 amide bonds. The van der Waals surface area contributed by atoms with Crippen molar-refractivity contribution in [3.05, 3.63) is 69.3 Å². The fourth-order valence-corrected chi connectivity index (χ4v) is 3.86. The van der Waals surface area contributed by atoms with Gasteiger partial charge in [-0.1, -0.05) is 24.3 Å². The lowest BCUT2D eigenvalue weighted by Crippen LogP contribution is -2.41. The topological polar surface area (TPSA) is 93.5 Å². The molecule has 2 aromatic carbocycles. The van der Waals surface area contributed by atoms with Crippen LogP contribution in [0.1, 0.15) is 34.3 Å². The normalized spacial score (nSPS) is 15.6. The van der Waals surface area contributed by atoms with Crippen molar-refractivity contribution < 1.29 is 14.5 Å². The number of ether oxygens (including phenoxy) is 1. The number of anilines is 1. The van der Waals surface area contributed by atoms with Crippen LogP contribution in [0.5, 0.6) is 0 Å². The third-order valence-corrected chi connectivity index (χ3v) is 5.47. The van der Waals surface area contributed by atoms with E-state index in [9.17, 15) is 14.9 Å². The van der Waals surface area contributed by atoms with Crippen LogP contribution in [-0.2, 0) is 10.2 Å². The highest BCUT2D eigenvalue weighted by Crippen LogP contribution is 2.37. The molecule has 1 fully saturated rings. The summed E-state index contributed by atoms with van der Waals surface area (Å²) in [5.74, 6) is -0.358. The highest BCUT2D eigenvalue weighted by molar-refractivity contribution is 6.00. The Labute approximate surface area is 164 Å². The van der Waals surface area contributed by atoms with Gasteiger partial charge in [-0.15, -0.1) is 0 Å². The van der Waals surface area contributed by atoms with Crippen LogP contribution in [0, 0.1) is 17.0 Å². The largest absolute Gasteiger partial charge is 0.383 e. The van der Waals surface area contributed by atoms with Crippen LogP contribution in [0.25, 0.3) is 0 Å².